The summed E-state index contributed by atoms with van der Waals surface area (Å²) in [5.41, 5.74) is 1.36. The summed E-state index contributed by atoms with van der Waals surface area (Å²) in [6, 6.07) is 10.6. The molecule has 2 aromatic heterocycles. The lowest BCUT2D eigenvalue weighted by molar-refractivity contribution is 0.103. The number of nitrogens with zero attached hydrogens (tertiary/aromatic N) is 2. The maximum absolute atomic E-state index is 12.4. The highest BCUT2D eigenvalue weighted by Crippen LogP contribution is 2.22. The molecular formula is C17H14ClN3O2S. The van der Waals surface area contributed by atoms with Crippen LogP contribution in [0.25, 0.3) is 0 Å². The summed E-state index contributed by atoms with van der Waals surface area (Å²) in [5, 5.41) is 4.19. The van der Waals surface area contributed by atoms with Crippen molar-refractivity contribution in [2.45, 2.75) is 13.5 Å². The van der Waals surface area contributed by atoms with Crippen LogP contribution in [0.4, 0.5) is 5.69 Å². The number of carbonyl (C=O) groups excluding carboxylic acids is 1. The molecule has 7 heteroatoms. The molecule has 0 bridgehead atoms. The van der Waals surface area contributed by atoms with Gasteiger partial charge in [-0.25, -0.2) is 4.98 Å². The number of pyridine rings is 1. The molecule has 0 saturated heterocycles. The van der Waals surface area contributed by atoms with E-state index >= 15 is 0 Å². The second-order valence-corrected chi connectivity index (χ2v) is 6.48. The van der Waals surface area contributed by atoms with Gasteiger partial charge in [0.1, 0.15) is 22.2 Å². The molecule has 0 unspecified atom stereocenters. The average molecular weight is 360 g/mol. The van der Waals surface area contributed by atoms with E-state index < -0.39 is 0 Å². The molecule has 5 nitrogen and oxygen atoms in total. The van der Waals surface area contributed by atoms with Gasteiger partial charge in [-0.1, -0.05) is 11.6 Å². The largest absolute Gasteiger partial charge is 0.485 e. The molecule has 1 amide bonds. The zero-order chi connectivity index (χ0) is 16.9. The molecule has 0 fully saturated rings. The van der Waals surface area contributed by atoms with Crippen molar-refractivity contribution < 1.29 is 9.53 Å². The van der Waals surface area contributed by atoms with Gasteiger partial charge in [0.25, 0.3) is 5.91 Å². The van der Waals surface area contributed by atoms with Gasteiger partial charge in [0.2, 0.25) is 0 Å². The molecule has 2 heterocycles. The van der Waals surface area contributed by atoms with Gasteiger partial charge in [0.15, 0.2) is 0 Å². The van der Waals surface area contributed by atoms with Gasteiger partial charge in [-0.2, -0.15) is 0 Å². The maximum Gasteiger partial charge on any atom is 0.267 e. The Hall–Kier alpha value is -2.44. The van der Waals surface area contributed by atoms with Crippen molar-refractivity contribution in [2.75, 3.05) is 5.32 Å². The van der Waals surface area contributed by atoms with E-state index in [0.29, 0.717) is 33.6 Å². The van der Waals surface area contributed by atoms with Gasteiger partial charge in [-0.05, 0) is 43.3 Å². The quantitative estimate of drug-likeness (QED) is 0.736. The number of hydrogen-bond acceptors (Lipinski definition) is 5. The molecule has 1 N–H and O–H groups in total. The molecule has 3 rings (SSSR count). The summed E-state index contributed by atoms with van der Waals surface area (Å²) < 4.78 is 5.61. The number of benzene rings is 1. The minimum Gasteiger partial charge on any atom is -0.485 e. The number of anilines is 1. The van der Waals surface area contributed by atoms with E-state index in [4.69, 9.17) is 16.3 Å². The first-order valence-electron chi connectivity index (χ1n) is 7.18. The average Bonchev–Trinajstić information content (AvgIpc) is 2.97. The van der Waals surface area contributed by atoms with Crippen molar-refractivity contribution in [3.63, 3.8) is 0 Å². The fraction of sp³-hybridized carbons (Fsp3) is 0.118. The number of aryl methyl sites for hydroxylation is 1. The molecule has 0 aliphatic rings. The third-order valence-corrected chi connectivity index (χ3v) is 4.53. The van der Waals surface area contributed by atoms with Gasteiger partial charge in [-0.3, -0.25) is 9.78 Å². The summed E-state index contributed by atoms with van der Waals surface area (Å²) in [6.45, 7) is 2.10. The molecule has 0 atom stereocenters. The van der Waals surface area contributed by atoms with Crippen LogP contribution in [0.5, 0.6) is 5.75 Å². The van der Waals surface area contributed by atoms with Gasteiger partial charge in [0.05, 0.1) is 11.9 Å². The number of thiazole rings is 1. The molecule has 0 saturated carbocycles. The monoisotopic (exact) mass is 359 g/mol. The Morgan fingerprint density at radius 3 is 2.79 bits per heavy atom. The van der Waals surface area contributed by atoms with Crippen molar-refractivity contribution in [1.82, 2.24) is 9.97 Å². The Kier molecular flexibility index (Phi) is 5.08. The topological polar surface area (TPSA) is 64.1 Å². The van der Waals surface area contributed by atoms with Crippen LogP contribution in [0.1, 0.15) is 20.4 Å². The zero-order valence-corrected chi connectivity index (χ0v) is 14.4. The lowest BCUT2D eigenvalue weighted by Gasteiger charge is -2.03. The molecule has 0 aliphatic heterocycles. The molecular weight excluding hydrogens is 346 g/mol. The Balaban J connectivity index is 1.66. The number of aromatic nitrogens is 2. The van der Waals surface area contributed by atoms with Crippen LogP contribution in [0.15, 0.2) is 48.8 Å². The number of rotatable bonds is 5. The number of carbonyl (C=O) groups is 1. The summed E-state index contributed by atoms with van der Waals surface area (Å²) in [4.78, 5) is 21.3. The van der Waals surface area contributed by atoms with Crippen LogP contribution in [0.2, 0.25) is 5.02 Å². The van der Waals surface area contributed by atoms with Crippen LogP contribution in [-0.4, -0.2) is 15.9 Å². The summed E-state index contributed by atoms with van der Waals surface area (Å²) in [6.07, 6.45) is 3.31. The van der Waals surface area contributed by atoms with Crippen LogP contribution in [-0.2, 0) is 6.61 Å². The second-order valence-electron chi connectivity index (χ2n) is 4.96. The van der Waals surface area contributed by atoms with Gasteiger partial charge in [0, 0.05) is 16.9 Å². The molecule has 3 aromatic rings. The number of nitrogens with one attached hydrogen (secondary N) is 1. The highest BCUT2D eigenvalue weighted by Gasteiger charge is 2.16. The van der Waals surface area contributed by atoms with Crippen molar-refractivity contribution >= 4 is 34.5 Å². The minimum absolute atomic E-state index is 0.194. The highest BCUT2D eigenvalue weighted by atomic mass is 35.5. The van der Waals surface area contributed by atoms with E-state index in [9.17, 15) is 4.79 Å². The Bertz CT molecular complexity index is 835. The van der Waals surface area contributed by atoms with E-state index in [1.54, 1.807) is 49.6 Å². The van der Waals surface area contributed by atoms with Crippen molar-refractivity contribution in [1.29, 1.82) is 0 Å². The Morgan fingerprint density at radius 2 is 2.08 bits per heavy atom. The lowest BCUT2D eigenvalue weighted by atomic mass is 10.3. The first-order chi connectivity index (χ1) is 11.6. The SMILES string of the molecule is Cc1nc(COc2cccnc2)sc1C(=O)Nc1ccc(Cl)cc1. The van der Waals surface area contributed by atoms with Gasteiger partial charge < -0.3 is 10.1 Å². The minimum atomic E-state index is -0.194. The third-order valence-electron chi connectivity index (χ3n) is 3.15. The maximum atomic E-state index is 12.4. The lowest BCUT2D eigenvalue weighted by Crippen LogP contribution is -2.11. The zero-order valence-electron chi connectivity index (χ0n) is 12.8. The molecule has 0 spiro atoms. The van der Waals surface area contributed by atoms with Gasteiger partial charge in [-0.15, -0.1) is 11.3 Å². The van der Waals surface area contributed by atoms with Crippen LogP contribution >= 0.6 is 22.9 Å². The fourth-order valence-corrected chi connectivity index (χ4v) is 3.02. The highest BCUT2D eigenvalue weighted by molar-refractivity contribution is 7.13. The predicted octanol–water partition coefficient (Wildman–Crippen LogP) is 4.33. The molecule has 0 aliphatic carbocycles. The third kappa shape index (κ3) is 4.10. The number of ether oxygens (including phenoxy) is 1. The van der Waals surface area contributed by atoms with Crippen molar-refractivity contribution in [2.24, 2.45) is 0 Å². The molecule has 122 valence electrons. The van der Waals surface area contributed by atoms with Crippen molar-refractivity contribution in [3.05, 3.63) is 69.4 Å². The number of hydrogen-bond donors (Lipinski definition) is 1. The standard InChI is InChI=1S/C17H14ClN3O2S/c1-11-16(17(22)21-13-6-4-12(18)5-7-13)24-15(20-11)10-23-14-3-2-8-19-9-14/h2-9H,10H2,1H3,(H,21,22). The predicted molar refractivity (Wildman–Crippen MR) is 94.8 cm³/mol. The van der Waals surface area contributed by atoms with E-state index in [1.807, 2.05) is 6.07 Å². The summed E-state index contributed by atoms with van der Waals surface area (Å²) in [5.74, 6) is 0.470. The smallest absolute Gasteiger partial charge is 0.267 e. The molecule has 0 radical (unpaired) electrons. The second kappa shape index (κ2) is 7.42. The van der Waals surface area contributed by atoms with E-state index in [2.05, 4.69) is 15.3 Å². The normalized spacial score (nSPS) is 10.4. The van der Waals surface area contributed by atoms with E-state index in [-0.39, 0.29) is 5.91 Å². The van der Waals surface area contributed by atoms with E-state index in [1.165, 1.54) is 11.3 Å². The number of amides is 1. The van der Waals surface area contributed by atoms with Crippen LogP contribution in [0, 0.1) is 6.92 Å². The Morgan fingerprint density at radius 1 is 1.29 bits per heavy atom. The molecule has 24 heavy (non-hydrogen) atoms. The van der Waals surface area contributed by atoms with Crippen molar-refractivity contribution in [3.8, 4) is 5.75 Å². The fourth-order valence-electron chi connectivity index (χ4n) is 2.02. The summed E-state index contributed by atoms with van der Waals surface area (Å²) >= 11 is 7.15. The van der Waals surface area contributed by atoms with E-state index in [0.717, 1.165) is 5.01 Å². The van der Waals surface area contributed by atoms with Crippen LogP contribution in [0.3, 0.4) is 0 Å². The number of halogens is 1. The Labute approximate surface area is 148 Å². The van der Waals surface area contributed by atoms with Gasteiger partial charge >= 0.3 is 0 Å². The van der Waals surface area contributed by atoms with Crippen LogP contribution < -0.4 is 10.1 Å². The first-order valence-corrected chi connectivity index (χ1v) is 8.37. The first kappa shape index (κ1) is 16.4. The summed E-state index contributed by atoms with van der Waals surface area (Å²) in [7, 11) is 0. The molecule has 1 aromatic carbocycles.